The molecule has 8 heteroatoms. The summed E-state index contributed by atoms with van der Waals surface area (Å²) >= 11 is 0. The molecule has 1 saturated heterocycles. The quantitative estimate of drug-likeness (QED) is 0.650. The van der Waals surface area contributed by atoms with Crippen LogP contribution in [0.4, 0.5) is 13.2 Å². The normalized spacial score (nSPS) is 15.8. The van der Waals surface area contributed by atoms with Crippen molar-refractivity contribution < 1.29 is 18.0 Å². The van der Waals surface area contributed by atoms with Crippen LogP contribution in [-0.4, -0.2) is 44.5 Å². The predicted octanol–water partition coefficient (Wildman–Crippen LogP) is 4.00. The lowest BCUT2D eigenvalue weighted by Gasteiger charge is -2.36. The smallest absolute Gasteiger partial charge is 0.256 e. The minimum Gasteiger partial charge on any atom is -0.338 e. The highest BCUT2D eigenvalue weighted by Crippen LogP contribution is 2.32. The number of aromatic nitrogens is 3. The maximum absolute atomic E-state index is 15.3. The van der Waals surface area contributed by atoms with Crippen LogP contribution in [0.15, 0.2) is 55.1 Å². The Kier molecular flexibility index (Phi) is 5.48. The number of benzene rings is 1. The Balaban J connectivity index is 1.48. The summed E-state index contributed by atoms with van der Waals surface area (Å²) in [5.74, 6) is -1.71. The van der Waals surface area contributed by atoms with E-state index in [1.807, 2.05) is 0 Å². The number of pyridine rings is 1. The highest BCUT2D eigenvalue weighted by atomic mass is 19.1. The first kappa shape index (κ1) is 20.0. The van der Waals surface area contributed by atoms with Gasteiger partial charge in [0.05, 0.1) is 11.3 Å². The number of nitrogens with zero attached hydrogens (tertiary/aromatic N) is 4. The summed E-state index contributed by atoms with van der Waals surface area (Å²) in [5, 5.41) is 0. The molecule has 0 unspecified atom stereocenters. The standard InChI is InChI=1S/C22H19F3N4O/c23-16-10-15(11-17(24)12-16)13-22(25)4-8-29(9-5-22)21(30)18-2-1-6-27-20(18)19-3-7-26-14-28-19/h1-3,6-7,10-12,14H,4-5,8-9,13H2. The molecule has 0 aliphatic carbocycles. The maximum Gasteiger partial charge on any atom is 0.256 e. The number of carbonyl (C=O) groups is 1. The van der Waals surface area contributed by atoms with Gasteiger partial charge < -0.3 is 4.90 Å². The van der Waals surface area contributed by atoms with Gasteiger partial charge in [-0.3, -0.25) is 9.78 Å². The van der Waals surface area contributed by atoms with E-state index in [0.717, 1.165) is 18.2 Å². The Bertz CT molecular complexity index is 1030. The highest BCUT2D eigenvalue weighted by molar-refractivity contribution is 5.99. The van der Waals surface area contributed by atoms with Gasteiger partial charge >= 0.3 is 0 Å². The van der Waals surface area contributed by atoms with Gasteiger partial charge in [0.15, 0.2) is 0 Å². The highest BCUT2D eigenvalue weighted by Gasteiger charge is 2.37. The first-order chi connectivity index (χ1) is 14.4. The number of carbonyl (C=O) groups excluding carboxylic acids is 1. The third kappa shape index (κ3) is 4.32. The Morgan fingerprint density at radius 2 is 1.77 bits per heavy atom. The van der Waals surface area contributed by atoms with Gasteiger partial charge in [-0.25, -0.2) is 23.1 Å². The molecule has 2 aromatic heterocycles. The van der Waals surface area contributed by atoms with Gasteiger partial charge in [0.2, 0.25) is 0 Å². The van der Waals surface area contributed by atoms with Crippen molar-refractivity contribution in [3.63, 3.8) is 0 Å². The summed E-state index contributed by atoms with van der Waals surface area (Å²) in [4.78, 5) is 27.0. The second kappa shape index (κ2) is 8.22. The monoisotopic (exact) mass is 412 g/mol. The van der Waals surface area contributed by atoms with Crippen LogP contribution in [0, 0.1) is 11.6 Å². The average molecular weight is 412 g/mol. The number of alkyl halides is 1. The Labute approximate surface area is 171 Å². The number of amides is 1. The van der Waals surface area contributed by atoms with Gasteiger partial charge in [0.1, 0.15) is 29.3 Å². The Hall–Kier alpha value is -3.29. The van der Waals surface area contributed by atoms with Gasteiger partial charge in [-0.1, -0.05) is 0 Å². The van der Waals surface area contributed by atoms with Crippen molar-refractivity contribution in [3.8, 4) is 11.4 Å². The zero-order chi connectivity index (χ0) is 21.1. The third-order valence-corrected chi connectivity index (χ3v) is 5.25. The molecule has 1 aromatic carbocycles. The molecule has 30 heavy (non-hydrogen) atoms. The average Bonchev–Trinajstić information content (AvgIpc) is 2.73. The molecule has 0 radical (unpaired) electrons. The molecule has 3 heterocycles. The van der Waals surface area contributed by atoms with E-state index in [0.29, 0.717) is 17.0 Å². The summed E-state index contributed by atoms with van der Waals surface area (Å²) in [6.07, 6.45) is 4.60. The van der Waals surface area contributed by atoms with Crippen molar-refractivity contribution >= 4 is 5.91 Å². The molecule has 3 aromatic rings. The minimum absolute atomic E-state index is 0.0833. The zero-order valence-corrected chi connectivity index (χ0v) is 16.1. The molecule has 1 amide bonds. The van der Waals surface area contributed by atoms with E-state index in [-0.39, 0.29) is 43.8 Å². The van der Waals surface area contributed by atoms with Crippen molar-refractivity contribution in [1.29, 1.82) is 0 Å². The van der Waals surface area contributed by atoms with Crippen LogP contribution < -0.4 is 0 Å². The molecule has 4 rings (SSSR count). The fourth-order valence-corrected chi connectivity index (χ4v) is 3.75. The Morgan fingerprint density at radius 1 is 1.03 bits per heavy atom. The van der Waals surface area contributed by atoms with Crippen molar-refractivity contribution in [2.24, 2.45) is 0 Å². The van der Waals surface area contributed by atoms with E-state index in [9.17, 15) is 13.6 Å². The summed E-state index contributed by atoms with van der Waals surface area (Å²) in [6.45, 7) is 0.399. The van der Waals surface area contributed by atoms with Gasteiger partial charge in [-0.15, -0.1) is 0 Å². The number of hydrogen-bond donors (Lipinski definition) is 0. The molecule has 0 saturated carbocycles. The van der Waals surface area contributed by atoms with Gasteiger partial charge in [0.25, 0.3) is 5.91 Å². The van der Waals surface area contributed by atoms with Crippen molar-refractivity contribution in [1.82, 2.24) is 19.9 Å². The Morgan fingerprint density at radius 3 is 2.43 bits per heavy atom. The number of hydrogen-bond acceptors (Lipinski definition) is 4. The third-order valence-electron chi connectivity index (χ3n) is 5.25. The molecule has 5 nitrogen and oxygen atoms in total. The van der Waals surface area contributed by atoms with Crippen molar-refractivity contribution in [2.45, 2.75) is 24.9 Å². The number of halogens is 3. The molecule has 0 bridgehead atoms. The number of rotatable bonds is 4. The number of piperidine rings is 1. The second-order valence-corrected chi connectivity index (χ2v) is 7.39. The molecule has 0 N–H and O–H groups in total. The van der Waals surface area contributed by atoms with Crippen LogP contribution in [0.5, 0.6) is 0 Å². The lowest BCUT2D eigenvalue weighted by Crippen LogP contribution is -2.45. The topological polar surface area (TPSA) is 59.0 Å². The van der Waals surface area contributed by atoms with Gasteiger partial charge in [0, 0.05) is 38.0 Å². The summed E-state index contributed by atoms with van der Waals surface area (Å²) in [7, 11) is 0. The largest absolute Gasteiger partial charge is 0.338 e. The van der Waals surface area contributed by atoms with E-state index in [1.54, 1.807) is 35.5 Å². The first-order valence-electron chi connectivity index (χ1n) is 9.58. The van der Waals surface area contributed by atoms with E-state index in [1.165, 1.54) is 6.33 Å². The molecule has 154 valence electrons. The predicted molar refractivity (Wildman–Crippen MR) is 104 cm³/mol. The SMILES string of the molecule is O=C(c1cccnc1-c1ccncn1)N1CCC(F)(Cc2cc(F)cc(F)c2)CC1. The fraction of sp³-hybridized carbons (Fsp3) is 0.273. The molecule has 1 aliphatic heterocycles. The van der Waals surface area contributed by atoms with E-state index >= 15 is 4.39 Å². The lowest BCUT2D eigenvalue weighted by molar-refractivity contribution is 0.0437. The van der Waals surface area contributed by atoms with E-state index in [4.69, 9.17) is 0 Å². The molecular formula is C22H19F3N4O. The fourth-order valence-electron chi connectivity index (χ4n) is 3.75. The molecule has 1 fully saturated rings. The second-order valence-electron chi connectivity index (χ2n) is 7.39. The van der Waals surface area contributed by atoms with Crippen LogP contribution in [0.2, 0.25) is 0 Å². The van der Waals surface area contributed by atoms with Crippen LogP contribution in [-0.2, 0) is 6.42 Å². The van der Waals surface area contributed by atoms with Crippen LogP contribution in [0.3, 0.4) is 0 Å². The van der Waals surface area contributed by atoms with Crippen LogP contribution >= 0.6 is 0 Å². The molecule has 0 atom stereocenters. The maximum atomic E-state index is 15.3. The lowest BCUT2D eigenvalue weighted by atomic mass is 9.86. The van der Waals surface area contributed by atoms with E-state index in [2.05, 4.69) is 15.0 Å². The summed E-state index contributed by atoms with van der Waals surface area (Å²) in [5.41, 5.74) is 0.000492. The summed E-state index contributed by atoms with van der Waals surface area (Å²) in [6, 6.07) is 8.05. The van der Waals surface area contributed by atoms with Gasteiger partial charge in [-0.05, 0) is 48.7 Å². The zero-order valence-electron chi connectivity index (χ0n) is 16.1. The number of likely N-dealkylation sites (tertiary alicyclic amines) is 1. The van der Waals surface area contributed by atoms with Crippen molar-refractivity contribution in [2.75, 3.05) is 13.1 Å². The van der Waals surface area contributed by atoms with Gasteiger partial charge in [-0.2, -0.15) is 0 Å². The van der Waals surface area contributed by atoms with Crippen LogP contribution in [0.25, 0.3) is 11.4 Å². The molecular weight excluding hydrogens is 393 g/mol. The first-order valence-corrected chi connectivity index (χ1v) is 9.58. The summed E-state index contributed by atoms with van der Waals surface area (Å²) < 4.78 is 42.1. The van der Waals surface area contributed by atoms with Crippen LogP contribution in [0.1, 0.15) is 28.8 Å². The molecule has 0 spiro atoms. The van der Waals surface area contributed by atoms with Crippen molar-refractivity contribution in [3.05, 3.63) is 77.9 Å². The van der Waals surface area contributed by atoms with E-state index < -0.39 is 17.3 Å². The molecule has 1 aliphatic rings. The minimum atomic E-state index is -1.62.